The Morgan fingerprint density at radius 2 is 1.76 bits per heavy atom. The van der Waals surface area contributed by atoms with Crippen LogP contribution in [0.5, 0.6) is 5.75 Å². The summed E-state index contributed by atoms with van der Waals surface area (Å²) in [5, 5.41) is 10.5. The fraction of sp³-hybridized carbons (Fsp3) is 0.538. The molecule has 1 saturated heterocycles. The second-order valence-electron chi connectivity index (χ2n) is 9.79. The number of fused-ring (bicyclic) bond motifs is 4. The number of piperidine rings is 1. The molecule has 2 aromatic carbocycles. The summed E-state index contributed by atoms with van der Waals surface area (Å²) < 4.78 is 6.12. The van der Waals surface area contributed by atoms with E-state index >= 15 is 0 Å². The molecule has 1 N–H and O–H groups in total. The highest BCUT2D eigenvalue weighted by Gasteiger charge is 2.56. The topological polar surface area (TPSA) is 32.7 Å². The van der Waals surface area contributed by atoms with Gasteiger partial charge in [0.15, 0.2) is 0 Å². The van der Waals surface area contributed by atoms with Gasteiger partial charge in [0.25, 0.3) is 0 Å². The lowest BCUT2D eigenvalue weighted by atomic mass is 9.51. The van der Waals surface area contributed by atoms with E-state index in [1.54, 1.807) is 0 Å². The van der Waals surface area contributed by atoms with Crippen LogP contribution in [-0.2, 0) is 23.2 Å². The molecule has 2 atom stereocenters. The third kappa shape index (κ3) is 3.29. The number of likely N-dealkylation sites (tertiary alicyclic amines) is 1. The molecular formula is C26H35NO2. The highest BCUT2D eigenvalue weighted by molar-refractivity contribution is 5.48. The van der Waals surface area contributed by atoms with Crippen LogP contribution in [0.2, 0.25) is 0 Å². The molecule has 156 valence electrons. The third-order valence-corrected chi connectivity index (χ3v) is 8.15. The molecule has 3 nitrogen and oxygen atoms in total. The van der Waals surface area contributed by atoms with E-state index in [2.05, 4.69) is 63.8 Å². The lowest BCUT2D eigenvalue weighted by Crippen LogP contribution is -2.64. The minimum Gasteiger partial charge on any atom is -0.508 e. The molecular weight excluding hydrogens is 358 g/mol. The monoisotopic (exact) mass is 393 g/mol. The van der Waals surface area contributed by atoms with Gasteiger partial charge >= 0.3 is 0 Å². The van der Waals surface area contributed by atoms with Crippen LogP contribution in [0.15, 0.2) is 36.4 Å². The smallest absolute Gasteiger partial charge is 0.119 e. The molecule has 2 aromatic rings. The van der Waals surface area contributed by atoms with E-state index in [0.29, 0.717) is 18.4 Å². The second kappa shape index (κ2) is 7.45. The summed E-state index contributed by atoms with van der Waals surface area (Å²) in [7, 11) is 0. The van der Waals surface area contributed by atoms with Crippen molar-refractivity contribution >= 4 is 0 Å². The van der Waals surface area contributed by atoms with Gasteiger partial charge in [-0.15, -0.1) is 0 Å². The Balaban J connectivity index is 1.47. The van der Waals surface area contributed by atoms with E-state index in [9.17, 15) is 5.11 Å². The first-order valence-electron chi connectivity index (χ1n) is 10.9. The maximum atomic E-state index is 10.5. The van der Waals surface area contributed by atoms with Crippen molar-refractivity contribution in [2.24, 2.45) is 5.41 Å². The number of hydrogen-bond acceptors (Lipinski definition) is 3. The van der Waals surface area contributed by atoms with E-state index in [-0.39, 0.29) is 10.8 Å². The fourth-order valence-electron chi connectivity index (χ4n) is 5.74. The lowest BCUT2D eigenvalue weighted by Gasteiger charge is -2.61. The third-order valence-electron chi connectivity index (χ3n) is 8.15. The van der Waals surface area contributed by atoms with Crippen molar-refractivity contribution in [2.45, 2.75) is 65.5 Å². The van der Waals surface area contributed by atoms with E-state index in [0.717, 1.165) is 38.1 Å². The SMILES string of the molecule is Cc1cccc(C)c1COCCN1CC[C@@]2(C)c3cccc(O)c3C[C@@H]1C2(C)C. The molecule has 0 unspecified atom stereocenters. The van der Waals surface area contributed by atoms with Gasteiger partial charge in [0.2, 0.25) is 0 Å². The van der Waals surface area contributed by atoms with Crippen LogP contribution in [0.4, 0.5) is 0 Å². The number of rotatable bonds is 5. The number of hydrogen-bond donors (Lipinski definition) is 1. The number of nitrogens with zero attached hydrogens (tertiary/aromatic N) is 1. The zero-order valence-electron chi connectivity index (χ0n) is 18.6. The van der Waals surface area contributed by atoms with Gasteiger partial charge in [-0.2, -0.15) is 0 Å². The van der Waals surface area contributed by atoms with E-state index in [4.69, 9.17) is 4.74 Å². The van der Waals surface area contributed by atoms with Crippen molar-refractivity contribution < 1.29 is 9.84 Å². The van der Waals surface area contributed by atoms with Gasteiger partial charge in [0.1, 0.15) is 5.75 Å². The van der Waals surface area contributed by atoms with Crippen molar-refractivity contribution in [1.82, 2.24) is 4.90 Å². The molecule has 0 aromatic heterocycles. The Labute approximate surface area is 175 Å². The predicted octanol–water partition coefficient (Wildman–Crippen LogP) is 5.14. The highest BCUT2D eigenvalue weighted by atomic mass is 16.5. The molecule has 1 aliphatic heterocycles. The maximum Gasteiger partial charge on any atom is 0.119 e. The summed E-state index contributed by atoms with van der Waals surface area (Å²) in [5.74, 6) is 0.461. The molecule has 0 amide bonds. The van der Waals surface area contributed by atoms with Crippen LogP contribution >= 0.6 is 0 Å². The minimum absolute atomic E-state index is 0.0968. The van der Waals surface area contributed by atoms with Crippen molar-refractivity contribution in [2.75, 3.05) is 19.7 Å². The van der Waals surface area contributed by atoms with Gasteiger partial charge in [-0.05, 0) is 72.5 Å². The Morgan fingerprint density at radius 3 is 2.48 bits per heavy atom. The molecule has 2 aliphatic rings. The first-order valence-corrected chi connectivity index (χ1v) is 10.9. The predicted molar refractivity (Wildman–Crippen MR) is 118 cm³/mol. The average molecular weight is 394 g/mol. The van der Waals surface area contributed by atoms with Crippen LogP contribution in [-0.4, -0.2) is 35.7 Å². The van der Waals surface area contributed by atoms with E-state index < -0.39 is 0 Å². The number of aryl methyl sites for hydroxylation is 2. The zero-order valence-corrected chi connectivity index (χ0v) is 18.6. The van der Waals surface area contributed by atoms with Crippen molar-refractivity contribution in [3.63, 3.8) is 0 Å². The number of phenolic OH excluding ortho intramolecular Hbond substituents is 1. The van der Waals surface area contributed by atoms with Gasteiger partial charge in [0, 0.05) is 18.0 Å². The molecule has 0 spiro atoms. The molecule has 1 heterocycles. The Morgan fingerprint density at radius 1 is 1.07 bits per heavy atom. The molecule has 4 rings (SSSR count). The number of benzene rings is 2. The van der Waals surface area contributed by atoms with Gasteiger partial charge < -0.3 is 9.84 Å². The largest absolute Gasteiger partial charge is 0.508 e. The first kappa shape index (κ1) is 20.4. The van der Waals surface area contributed by atoms with Crippen LogP contribution in [0.25, 0.3) is 0 Å². The molecule has 2 bridgehead atoms. The van der Waals surface area contributed by atoms with Gasteiger partial charge in [0.05, 0.1) is 13.2 Å². The van der Waals surface area contributed by atoms with Gasteiger partial charge in [-0.3, -0.25) is 4.90 Å². The van der Waals surface area contributed by atoms with E-state index in [1.807, 2.05) is 12.1 Å². The first-order chi connectivity index (χ1) is 13.8. The molecule has 1 fully saturated rings. The van der Waals surface area contributed by atoms with Crippen LogP contribution in [0, 0.1) is 19.3 Å². The van der Waals surface area contributed by atoms with Crippen LogP contribution < -0.4 is 0 Å². The second-order valence-corrected chi connectivity index (χ2v) is 9.79. The molecule has 3 heteroatoms. The lowest BCUT2D eigenvalue weighted by molar-refractivity contribution is -0.0497. The number of aromatic hydroxyl groups is 1. The van der Waals surface area contributed by atoms with Crippen LogP contribution in [0.1, 0.15) is 55.0 Å². The summed E-state index contributed by atoms with van der Waals surface area (Å²) >= 11 is 0. The van der Waals surface area contributed by atoms with Gasteiger partial charge in [-0.1, -0.05) is 51.1 Å². The maximum absolute atomic E-state index is 10.5. The summed E-state index contributed by atoms with van der Waals surface area (Å²) in [6.45, 7) is 15.0. The molecule has 1 aliphatic carbocycles. The summed E-state index contributed by atoms with van der Waals surface area (Å²) in [6.07, 6.45) is 2.03. The summed E-state index contributed by atoms with van der Waals surface area (Å²) in [6, 6.07) is 12.9. The van der Waals surface area contributed by atoms with Gasteiger partial charge in [-0.25, -0.2) is 0 Å². The summed E-state index contributed by atoms with van der Waals surface area (Å²) in [4.78, 5) is 2.60. The summed E-state index contributed by atoms with van der Waals surface area (Å²) in [5.41, 5.74) is 6.68. The van der Waals surface area contributed by atoms with Crippen molar-refractivity contribution in [3.05, 3.63) is 64.2 Å². The van der Waals surface area contributed by atoms with Crippen molar-refractivity contribution in [1.29, 1.82) is 0 Å². The standard InChI is InChI=1S/C26H35NO2/c1-18-8-6-9-19(2)21(18)17-29-15-14-27-13-12-26(5)22-10-7-11-23(28)20(22)16-24(27)25(26,3)4/h6-11,24,28H,12-17H2,1-5H3/t24-,26+/m1/s1. The molecule has 29 heavy (non-hydrogen) atoms. The molecule has 0 radical (unpaired) electrons. The zero-order chi connectivity index (χ0) is 20.8. The van der Waals surface area contributed by atoms with Crippen LogP contribution in [0.3, 0.4) is 0 Å². The Kier molecular flexibility index (Phi) is 5.25. The quantitative estimate of drug-likeness (QED) is 0.714. The Bertz CT molecular complexity index is 883. The molecule has 0 saturated carbocycles. The number of phenols is 1. The number of ether oxygens (including phenoxy) is 1. The fourth-order valence-corrected chi connectivity index (χ4v) is 5.74. The van der Waals surface area contributed by atoms with E-state index in [1.165, 1.54) is 22.3 Å². The minimum atomic E-state index is 0.0968. The Hall–Kier alpha value is -1.84. The average Bonchev–Trinajstić information content (AvgIpc) is 2.66. The van der Waals surface area contributed by atoms with Crippen molar-refractivity contribution in [3.8, 4) is 5.75 Å². The highest BCUT2D eigenvalue weighted by Crippen LogP contribution is 2.57. The normalized spacial score (nSPS) is 25.6.